The largest absolute Gasteiger partial charge is 0.495 e. The Bertz CT molecular complexity index is 743. The zero-order chi connectivity index (χ0) is 17.1. The van der Waals surface area contributed by atoms with E-state index in [0.29, 0.717) is 11.3 Å². The van der Waals surface area contributed by atoms with Crippen LogP contribution in [0.25, 0.3) is 6.08 Å². The third-order valence-corrected chi connectivity index (χ3v) is 4.46. The van der Waals surface area contributed by atoms with Gasteiger partial charge in [-0.1, -0.05) is 6.08 Å². The minimum atomic E-state index is -0.749. The van der Waals surface area contributed by atoms with Crippen LogP contribution in [0.3, 0.4) is 0 Å². The highest BCUT2D eigenvalue weighted by Crippen LogP contribution is 2.30. The first-order chi connectivity index (χ1) is 10.9. The number of hydrogen-bond donors (Lipinski definition) is 1. The average Bonchev–Trinajstić information content (AvgIpc) is 2.47. The molecular formula is C15H12I2N2O4. The topological polar surface area (TPSA) is 75.7 Å². The number of barbiturate groups is 1. The smallest absolute Gasteiger partial charge is 0.331 e. The molecule has 8 heteroatoms. The number of carbonyl (C=O) groups excluding carboxylic acids is 3. The summed E-state index contributed by atoms with van der Waals surface area (Å²) in [6.07, 6.45) is 2.85. The van der Waals surface area contributed by atoms with Crippen LogP contribution >= 0.6 is 45.2 Å². The van der Waals surface area contributed by atoms with Crippen LogP contribution in [0.4, 0.5) is 4.79 Å². The zero-order valence-corrected chi connectivity index (χ0v) is 16.4. The molecule has 0 aliphatic carbocycles. The molecule has 1 aromatic carbocycles. The number of imide groups is 2. The Morgan fingerprint density at radius 2 is 2.00 bits per heavy atom. The van der Waals surface area contributed by atoms with Gasteiger partial charge < -0.3 is 4.74 Å². The monoisotopic (exact) mass is 538 g/mol. The fourth-order valence-electron chi connectivity index (χ4n) is 2.05. The van der Waals surface area contributed by atoms with Gasteiger partial charge in [-0.15, -0.1) is 6.58 Å². The van der Waals surface area contributed by atoms with Gasteiger partial charge in [0.05, 0.1) is 10.7 Å². The predicted molar refractivity (Wildman–Crippen MR) is 102 cm³/mol. The first kappa shape index (κ1) is 17.9. The first-order valence-corrected chi connectivity index (χ1v) is 8.57. The lowest BCUT2D eigenvalue weighted by Crippen LogP contribution is -2.54. The van der Waals surface area contributed by atoms with Gasteiger partial charge in [0.25, 0.3) is 11.8 Å². The summed E-state index contributed by atoms with van der Waals surface area (Å²) in [7, 11) is 1.52. The standard InChI is InChI=1S/C15H12I2N2O4/c1-3-4-19-14(21)10(13(20)18-15(19)22)6-8-5-9(16)7-11(17)12(8)23-2/h3,5-7H,1,4H2,2H3,(H,18,20,22). The molecule has 1 aliphatic rings. The van der Waals surface area contributed by atoms with E-state index in [-0.39, 0.29) is 12.1 Å². The van der Waals surface area contributed by atoms with Gasteiger partial charge in [0.1, 0.15) is 11.3 Å². The molecule has 0 bridgehead atoms. The number of methoxy groups -OCH3 is 1. The van der Waals surface area contributed by atoms with Crippen LogP contribution in [0.1, 0.15) is 5.56 Å². The highest BCUT2D eigenvalue weighted by Gasteiger charge is 2.35. The maximum atomic E-state index is 12.4. The summed E-state index contributed by atoms with van der Waals surface area (Å²) in [6.45, 7) is 3.53. The number of carbonyl (C=O) groups is 3. The Balaban J connectivity index is 2.53. The van der Waals surface area contributed by atoms with Gasteiger partial charge in [-0.05, 0) is 63.4 Å². The number of halogens is 2. The van der Waals surface area contributed by atoms with Gasteiger partial charge in [-0.2, -0.15) is 0 Å². The van der Waals surface area contributed by atoms with Crippen molar-refractivity contribution in [2.75, 3.05) is 13.7 Å². The van der Waals surface area contributed by atoms with E-state index in [0.717, 1.165) is 12.0 Å². The lowest BCUT2D eigenvalue weighted by molar-refractivity contribution is -0.129. The van der Waals surface area contributed by atoms with Crippen LogP contribution in [0.15, 0.2) is 30.4 Å². The number of urea groups is 1. The van der Waals surface area contributed by atoms with E-state index in [1.54, 1.807) is 6.07 Å². The van der Waals surface area contributed by atoms with E-state index in [9.17, 15) is 14.4 Å². The van der Waals surface area contributed by atoms with Crippen molar-refractivity contribution < 1.29 is 19.1 Å². The fraction of sp³-hybridized carbons (Fsp3) is 0.133. The van der Waals surface area contributed by atoms with Gasteiger partial charge >= 0.3 is 6.03 Å². The van der Waals surface area contributed by atoms with Crippen LogP contribution in [0.2, 0.25) is 0 Å². The number of amides is 4. The maximum Gasteiger partial charge on any atom is 0.331 e. The molecule has 1 saturated heterocycles. The molecule has 1 aliphatic heterocycles. The Kier molecular flexibility index (Phi) is 5.79. The molecule has 23 heavy (non-hydrogen) atoms. The molecule has 0 radical (unpaired) electrons. The van der Waals surface area contributed by atoms with Crippen molar-refractivity contribution >= 4 is 69.1 Å². The minimum Gasteiger partial charge on any atom is -0.495 e. The Morgan fingerprint density at radius 3 is 2.61 bits per heavy atom. The van der Waals surface area contributed by atoms with Crippen molar-refractivity contribution in [3.8, 4) is 5.75 Å². The van der Waals surface area contributed by atoms with Crippen LogP contribution < -0.4 is 10.1 Å². The molecule has 1 heterocycles. The number of hydrogen-bond acceptors (Lipinski definition) is 4. The quantitative estimate of drug-likeness (QED) is 0.277. The zero-order valence-electron chi connectivity index (χ0n) is 12.1. The molecule has 4 amide bonds. The van der Waals surface area contributed by atoms with Gasteiger partial charge in [0.15, 0.2) is 0 Å². The Hall–Kier alpha value is -1.43. The molecule has 1 fully saturated rings. The molecule has 6 nitrogen and oxygen atoms in total. The van der Waals surface area contributed by atoms with Crippen LogP contribution in [-0.4, -0.2) is 36.4 Å². The molecule has 0 saturated carbocycles. The van der Waals surface area contributed by atoms with Gasteiger partial charge in [-0.3, -0.25) is 19.8 Å². The van der Waals surface area contributed by atoms with E-state index < -0.39 is 17.8 Å². The molecule has 2 rings (SSSR count). The van der Waals surface area contributed by atoms with E-state index in [1.165, 1.54) is 19.3 Å². The van der Waals surface area contributed by atoms with E-state index in [2.05, 4.69) is 57.1 Å². The van der Waals surface area contributed by atoms with Crippen LogP contribution in [0.5, 0.6) is 5.75 Å². The molecule has 0 atom stereocenters. The third-order valence-electron chi connectivity index (χ3n) is 3.04. The number of nitrogens with zero attached hydrogens (tertiary/aromatic N) is 1. The van der Waals surface area contributed by atoms with Crippen LogP contribution in [0, 0.1) is 7.14 Å². The third kappa shape index (κ3) is 3.74. The Labute approximate surface area is 160 Å². The number of benzene rings is 1. The van der Waals surface area contributed by atoms with E-state index in [1.807, 2.05) is 6.07 Å². The van der Waals surface area contributed by atoms with Gasteiger partial charge in [-0.25, -0.2) is 4.79 Å². The summed E-state index contributed by atoms with van der Waals surface area (Å²) in [4.78, 5) is 37.0. The van der Waals surface area contributed by atoms with E-state index in [4.69, 9.17) is 4.74 Å². The first-order valence-electron chi connectivity index (χ1n) is 6.41. The average molecular weight is 538 g/mol. The van der Waals surface area contributed by atoms with Crippen molar-refractivity contribution in [3.05, 3.63) is 43.1 Å². The van der Waals surface area contributed by atoms with Gasteiger partial charge in [0, 0.05) is 15.7 Å². The highest BCUT2D eigenvalue weighted by atomic mass is 127. The van der Waals surface area contributed by atoms with Crippen molar-refractivity contribution in [2.45, 2.75) is 0 Å². The van der Waals surface area contributed by atoms with Crippen molar-refractivity contribution in [3.63, 3.8) is 0 Å². The summed E-state index contributed by atoms with van der Waals surface area (Å²) in [5.74, 6) is -0.822. The molecule has 120 valence electrons. The molecule has 0 spiro atoms. The summed E-state index contributed by atoms with van der Waals surface area (Å²) in [5, 5.41) is 2.15. The van der Waals surface area contributed by atoms with Gasteiger partial charge in [0.2, 0.25) is 0 Å². The molecule has 1 N–H and O–H groups in total. The lowest BCUT2D eigenvalue weighted by Gasteiger charge is -2.25. The predicted octanol–water partition coefficient (Wildman–Crippen LogP) is 2.55. The number of nitrogens with one attached hydrogen (secondary N) is 1. The fourth-order valence-corrected chi connectivity index (χ4v) is 4.16. The van der Waals surface area contributed by atoms with Crippen molar-refractivity contribution in [2.24, 2.45) is 0 Å². The number of rotatable bonds is 4. The lowest BCUT2D eigenvalue weighted by atomic mass is 10.1. The summed E-state index contributed by atoms with van der Waals surface area (Å²) >= 11 is 4.25. The second-order valence-corrected chi connectivity index (χ2v) is 6.94. The SMILES string of the molecule is C=CCN1C(=O)NC(=O)C(=Cc2cc(I)cc(I)c2OC)C1=O. The summed E-state index contributed by atoms with van der Waals surface area (Å²) in [6, 6.07) is 2.96. The molecule has 1 aromatic rings. The maximum absolute atomic E-state index is 12.4. The highest BCUT2D eigenvalue weighted by molar-refractivity contribution is 14.1. The summed E-state index contributed by atoms with van der Waals surface area (Å²) < 4.78 is 7.13. The second-order valence-electron chi connectivity index (χ2n) is 4.53. The molecule has 0 aromatic heterocycles. The summed E-state index contributed by atoms with van der Waals surface area (Å²) in [5.41, 5.74) is 0.470. The van der Waals surface area contributed by atoms with Crippen LogP contribution in [-0.2, 0) is 9.59 Å². The molecular weight excluding hydrogens is 526 g/mol. The van der Waals surface area contributed by atoms with E-state index >= 15 is 0 Å². The van der Waals surface area contributed by atoms with Crippen molar-refractivity contribution in [1.82, 2.24) is 10.2 Å². The number of ether oxygens (including phenoxy) is 1. The Morgan fingerprint density at radius 1 is 1.30 bits per heavy atom. The second kappa shape index (κ2) is 7.43. The normalized spacial score (nSPS) is 16.6. The van der Waals surface area contributed by atoms with Crippen molar-refractivity contribution in [1.29, 1.82) is 0 Å². The molecule has 0 unspecified atom stereocenters. The minimum absolute atomic E-state index is 0.0241.